The first-order valence-electron chi connectivity index (χ1n) is 8.60. The molecular weight excluding hydrogens is 318 g/mol. The Bertz CT molecular complexity index is 735. The van der Waals surface area contributed by atoms with Crippen LogP contribution < -0.4 is 15.5 Å². The summed E-state index contributed by atoms with van der Waals surface area (Å²) < 4.78 is 10.9. The quantitative estimate of drug-likeness (QED) is 0.890. The van der Waals surface area contributed by atoms with Crippen LogP contribution in [-0.4, -0.2) is 32.3 Å². The van der Waals surface area contributed by atoms with Crippen molar-refractivity contribution in [3.8, 4) is 0 Å². The van der Waals surface area contributed by atoms with Gasteiger partial charge >= 0.3 is 6.03 Å². The molecule has 0 spiro atoms. The minimum absolute atomic E-state index is 0.125. The summed E-state index contributed by atoms with van der Waals surface area (Å²) in [5.41, 5.74) is 2.86. The second-order valence-corrected chi connectivity index (χ2v) is 6.34. The van der Waals surface area contributed by atoms with Crippen molar-refractivity contribution in [3.05, 3.63) is 47.4 Å². The van der Waals surface area contributed by atoms with Crippen LogP contribution in [0.2, 0.25) is 0 Å². The van der Waals surface area contributed by atoms with Gasteiger partial charge in [0.1, 0.15) is 11.5 Å². The van der Waals surface area contributed by atoms with Crippen LogP contribution in [0, 0.1) is 13.8 Å². The molecule has 1 fully saturated rings. The Kier molecular flexibility index (Phi) is 5.28. The minimum Gasteiger partial charge on any atom is -0.466 e. The maximum Gasteiger partial charge on any atom is 0.319 e. The lowest BCUT2D eigenvalue weighted by atomic mass is 10.1. The number of hydrogen-bond donors (Lipinski definition) is 2. The van der Waals surface area contributed by atoms with Gasteiger partial charge in [-0.3, -0.25) is 0 Å². The van der Waals surface area contributed by atoms with E-state index in [-0.39, 0.29) is 12.1 Å². The number of anilines is 2. The van der Waals surface area contributed by atoms with E-state index in [1.54, 1.807) is 0 Å². The molecule has 0 aliphatic carbocycles. The summed E-state index contributed by atoms with van der Waals surface area (Å²) in [6.07, 6.45) is 0. The summed E-state index contributed by atoms with van der Waals surface area (Å²) >= 11 is 0. The summed E-state index contributed by atoms with van der Waals surface area (Å²) in [4.78, 5) is 14.6. The van der Waals surface area contributed by atoms with E-state index in [2.05, 4.69) is 21.6 Å². The van der Waals surface area contributed by atoms with Crippen molar-refractivity contribution in [1.82, 2.24) is 5.32 Å². The normalized spacial score (nSPS) is 15.7. The van der Waals surface area contributed by atoms with Crippen molar-refractivity contribution in [3.63, 3.8) is 0 Å². The van der Waals surface area contributed by atoms with Gasteiger partial charge in [0.25, 0.3) is 0 Å². The average Bonchev–Trinajstić information content (AvgIpc) is 2.94. The molecule has 1 atom stereocenters. The van der Waals surface area contributed by atoms with Gasteiger partial charge in [0.15, 0.2) is 0 Å². The Labute approximate surface area is 148 Å². The van der Waals surface area contributed by atoms with E-state index in [4.69, 9.17) is 9.15 Å². The average molecular weight is 343 g/mol. The summed E-state index contributed by atoms with van der Waals surface area (Å²) in [6, 6.07) is 9.48. The van der Waals surface area contributed by atoms with Crippen LogP contribution in [-0.2, 0) is 4.74 Å². The molecule has 2 amide bonds. The molecule has 0 bridgehead atoms. The van der Waals surface area contributed by atoms with Gasteiger partial charge in [-0.25, -0.2) is 4.79 Å². The molecule has 1 saturated heterocycles. The molecule has 2 heterocycles. The number of amides is 2. The highest BCUT2D eigenvalue weighted by molar-refractivity contribution is 5.90. The molecular formula is C19H25N3O3. The Hall–Kier alpha value is -2.47. The van der Waals surface area contributed by atoms with Crippen molar-refractivity contribution in [2.24, 2.45) is 0 Å². The summed E-state index contributed by atoms with van der Waals surface area (Å²) in [6.45, 7) is 8.96. The zero-order valence-electron chi connectivity index (χ0n) is 15.0. The van der Waals surface area contributed by atoms with Crippen LogP contribution in [0.1, 0.15) is 30.0 Å². The number of nitrogens with zero attached hydrogens (tertiary/aromatic N) is 1. The number of benzene rings is 1. The van der Waals surface area contributed by atoms with Crippen molar-refractivity contribution >= 4 is 17.4 Å². The molecule has 1 unspecified atom stereocenters. The monoisotopic (exact) mass is 343 g/mol. The molecule has 2 N–H and O–H groups in total. The Morgan fingerprint density at radius 2 is 1.96 bits per heavy atom. The van der Waals surface area contributed by atoms with Crippen LogP contribution in [0.5, 0.6) is 0 Å². The molecule has 134 valence electrons. The van der Waals surface area contributed by atoms with E-state index < -0.39 is 0 Å². The first kappa shape index (κ1) is 17.4. The number of hydrogen-bond acceptors (Lipinski definition) is 4. The van der Waals surface area contributed by atoms with Gasteiger partial charge < -0.3 is 24.7 Å². The fourth-order valence-electron chi connectivity index (χ4n) is 3.12. The number of ether oxygens (including phenoxy) is 1. The van der Waals surface area contributed by atoms with E-state index in [1.807, 2.05) is 45.0 Å². The van der Waals surface area contributed by atoms with Gasteiger partial charge in [-0.15, -0.1) is 0 Å². The van der Waals surface area contributed by atoms with E-state index in [1.165, 1.54) is 0 Å². The molecule has 0 radical (unpaired) electrons. The lowest BCUT2D eigenvalue weighted by Crippen LogP contribution is -2.36. The topological polar surface area (TPSA) is 66.7 Å². The van der Waals surface area contributed by atoms with Crippen LogP contribution in [0.3, 0.4) is 0 Å². The molecule has 1 aliphatic rings. The lowest BCUT2D eigenvalue weighted by molar-refractivity contribution is 0.122. The van der Waals surface area contributed by atoms with E-state index in [9.17, 15) is 4.79 Å². The zero-order chi connectivity index (χ0) is 17.8. The van der Waals surface area contributed by atoms with Gasteiger partial charge in [-0.2, -0.15) is 0 Å². The fraction of sp³-hybridized carbons (Fsp3) is 0.421. The van der Waals surface area contributed by atoms with Gasteiger partial charge in [0, 0.05) is 30.0 Å². The number of carbonyl (C=O) groups excluding carboxylic acids is 1. The Morgan fingerprint density at radius 1 is 1.20 bits per heavy atom. The smallest absolute Gasteiger partial charge is 0.319 e. The van der Waals surface area contributed by atoms with Crippen molar-refractivity contribution in [2.75, 3.05) is 36.5 Å². The molecule has 6 nitrogen and oxygen atoms in total. The summed E-state index contributed by atoms with van der Waals surface area (Å²) in [7, 11) is 0. The van der Waals surface area contributed by atoms with Crippen LogP contribution in [0.4, 0.5) is 16.2 Å². The van der Waals surface area contributed by atoms with E-state index in [0.29, 0.717) is 0 Å². The molecule has 1 aromatic carbocycles. The number of nitrogens with one attached hydrogen (secondary N) is 2. The second kappa shape index (κ2) is 7.61. The minimum atomic E-state index is -0.232. The predicted molar refractivity (Wildman–Crippen MR) is 98.2 cm³/mol. The number of furan rings is 1. The van der Waals surface area contributed by atoms with Crippen LogP contribution in [0.15, 0.2) is 34.7 Å². The van der Waals surface area contributed by atoms with Gasteiger partial charge in [-0.05, 0) is 45.0 Å². The number of aryl methyl sites for hydroxylation is 2. The third-order valence-electron chi connectivity index (χ3n) is 4.37. The first-order valence-corrected chi connectivity index (χ1v) is 8.60. The van der Waals surface area contributed by atoms with Crippen molar-refractivity contribution in [2.45, 2.75) is 26.8 Å². The standard InChI is InChI=1S/C19H25N3O3/c1-13-11-18(15(3)25-13)14(2)20-19(23)21-16-5-4-6-17(12-16)22-7-9-24-10-8-22/h4-6,11-12,14H,7-10H2,1-3H3,(H2,20,21,23). The van der Waals surface area contributed by atoms with Gasteiger partial charge in [0.05, 0.1) is 19.3 Å². The summed E-state index contributed by atoms with van der Waals surface area (Å²) in [5.74, 6) is 1.68. The van der Waals surface area contributed by atoms with Crippen molar-refractivity contribution < 1.29 is 13.9 Å². The molecule has 25 heavy (non-hydrogen) atoms. The highest BCUT2D eigenvalue weighted by Gasteiger charge is 2.16. The Balaban J connectivity index is 1.61. The third-order valence-corrected chi connectivity index (χ3v) is 4.37. The highest BCUT2D eigenvalue weighted by Crippen LogP contribution is 2.22. The summed E-state index contributed by atoms with van der Waals surface area (Å²) in [5, 5.41) is 5.86. The number of carbonyl (C=O) groups is 1. The van der Waals surface area contributed by atoms with E-state index in [0.717, 1.165) is 54.8 Å². The predicted octanol–water partition coefficient (Wildman–Crippen LogP) is 3.62. The van der Waals surface area contributed by atoms with Crippen molar-refractivity contribution in [1.29, 1.82) is 0 Å². The number of rotatable bonds is 4. The van der Waals surface area contributed by atoms with Crippen LogP contribution in [0.25, 0.3) is 0 Å². The first-order chi connectivity index (χ1) is 12.0. The molecule has 0 saturated carbocycles. The SMILES string of the molecule is Cc1cc(C(C)NC(=O)Nc2cccc(N3CCOCC3)c2)c(C)o1. The van der Waals surface area contributed by atoms with Crippen LogP contribution >= 0.6 is 0 Å². The molecule has 2 aromatic rings. The maximum atomic E-state index is 12.3. The number of urea groups is 1. The Morgan fingerprint density at radius 3 is 2.64 bits per heavy atom. The molecule has 6 heteroatoms. The third kappa shape index (κ3) is 4.33. The molecule has 3 rings (SSSR count). The van der Waals surface area contributed by atoms with E-state index >= 15 is 0 Å². The zero-order valence-corrected chi connectivity index (χ0v) is 15.0. The molecule has 1 aliphatic heterocycles. The molecule has 1 aromatic heterocycles. The highest BCUT2D eigenvalue weighted by atomic mass is 16.5. The van der Waals surface area contributed by atoms with Gasteiger partial charge in [-0.1, -0.05) is 6.07 Å². The fourth-order valence-corrected chi connectivity index (χ4v) is 3.12. The lowest BCUT2D eigenvalue weighted by Gasteiger charge is -2.29. The number of morpholine rings is 1. The largest absolute Gasteiger partial charge is 0.466 e. The second-order valence-electron chi connectivity index (χ2n) is 6.34. The van der Waals surface area contributed by atoms with Gasteiger partial charge in [0.2, 0.25) is 0 Å². The maximum absolute atomic E-state index is 12.3.